The van der Waals surface area contributed by atoms with E-state index in [9.17, 15) is 5.11 Å². The Morgan fingerprint density at radius 1 is 1.38 bits per heavy atom. The van der Waals surface area contributed by atoms with Crippen LogP contribution in [-0.2, 0) is 0 Å². The minimum Gasteiger partial charge on any atom is -0.390 e. The first kappa shape index (κ1) is 16.2. The zero-order chi connectivity index (χ0) is 12.8. The second-order valence-corrected chi connectivity index (χ2v) is 6.44. The van der Waals surface area contributed by atoms with Crippen molar-refractivity contribution in [3.63, 3.8) is 0 Å². The fourth-order valence-electron chi connectivity index (χ4n) is 1.37. The molecule has 0 spiro atoms. The summed E-state index contributed by atoms with van der Waals surface area (Å²) in [6.45, 7) is 9.91. The Morgan fingerprint density at radius 2 is 1.94 bits per heavy atom. The summed E-state index contributed by atoms with van der Waals surface area (Å²) in [5.74, 6) is 1.11. The maximum atomic E-state index is 9.89. The summed E-state index contributed by atoms with van der Waals surface area (Å²) in [5.41, 5.74) is 0.0738. The second-order valence-electron chi connectivity index (χ2n) is 5.53. The van der Waals surface area contributed by atoms with Gasteiger partial charge in [-0.25, -0.2) is 0 Å². The van der Waals surface area contributed by atoms with Crippen molar-refractivity contribution in [3.8, 4) is 0 Å². The molecule has 0 aromatic rings. The molecule has 0 aromatic carbocycles. The van der Waals surface area contributed by atoms with Crippen LogP contribution in [-0.4, -0.2) is 59.8 Å². The van der Waals surface area contributed by atoms with Gasteiger partial charge in [0.05, 0.1) is 6.10 Å². The van der Waals surface area contributed by atoms with Crippen LogP contribution in [0.2, 0.25) is 0 Å². The molecule has 0 aliphatic carbocycles. The Balaban J connectivity index is 3.82. The van der Waals surface area contributed by atoms with Crippen molar-refractivity contribution in [1.29, 1.82) is 0 Å². The van der Waals surface area contributed by atoms with Crippen LogP contribution < -0.4 is 5.32 Å². The summed E-state index contributed by atoms with van der Waals surface area (Å²) in [5, 5.41) is 13.2. The molecule has 0 rings (SSSR count). The summed E-state index contributed by atoms with van der Waals surface area (Å²) in [7, 11) is 2.07. The Bertz CT molecular complexity index is 182. The fraction of sp³-hybridized carbons (Fsp3) is 1.00. The number of hydrogen-bond donors (Lipinski definition) is 2. The quantitative estimate of drug-likeness (QED) is 0.714. The molecule has 0 saturated heterocycles. The van der Waals surface area contributed by atoms with Gasteiger partial charge in [0.15, 0.2) is 0 Å². The van der Waals surface area contributed by atoms with E-state index in [1.807, 2.05) is 11.8 Å². The highest BCUT2D eigenvalue weighted by molar-refractivity contribution is 7.98. The first-order valence-electron chi connectivity index (χ1n) is 5.88. The van der Waals surface area contributed by atoms with E-state index in [1.165, 1.54) is 0 Å². The lowest BCUT2D eigenvalue weighted by Gasteiger charge is -2.28. The summed E-state index contributed by atoms with van der Waals surface area (Å²) in [6, 6.07) is 0.513. The molecule has 0 saturated carbocycles. The molecule has 0 heterocycles. The highest BCUT2D eigenvalue weighted by Gasteiger charge is 2.16. The van der Waals surface area contributed by atoms with Gasteiger partial charge in [-0.05, 0) is 41.0 Å². The molecule has 3 nitrogen and oxygen atoms in total. The number of nitrogens with one attached hydrogen (secondary N) is 1. The number of likely N-dealkylation sites (N-methyl/N-ethyl adjacent to an activating group) is 1. The molecule has 0 aliphatic heterocycles. The largest absolute Gasteiger partial charge is 0.390 e. The van der Waals surface area contributed by atoms with E-state index >= 15 is 0 Å². The molecule has 0 fully saturated rings. The summed E-state index contributed by atoms with van der Waals surface area (Å²) in [6.07, 6.45) is 1.82. The lowest BCUT2D eigenvalue weighted by Crippen LogP contribution is -2.45. The van der Waals surface area contributed by atoms with Crippen LogP contribution in [0.5, 0.6) is 0 Å². The predicted octanol–water partition coefficient (Wildman–Crippen LogP) is 1.42. The zero-order valence-electron chi connectivity index (χ0n) is 11.6. The lowest BCUT2D eigenvalue weighted by atomic mass is 10.1. The molecule has 98 valence electrons. The number of thioether (sulfide) groups is 1. The molecule has 2 N–H and O–H groups in total. The smallest absolute Gasteiger partial charge is 0.0791 e. The summed E-state index contributed by atoms with van der Waals surface area (Å²) in [4.78, 5) is 2.21. The van der Waals surface area contributed by atoms with Gasteiger partial charge in [-0.3, -0.25) is 0 Å². The van der Waals surface area contributed by atoms with Gasteiger partial charge >= 0.3 is 0 Å². The average molecular weight is 248 g/mol. The standard InChI is InChI=1S/C12H28N2OS/c1-10(9-16-6)14(5)8-11(15)7-13-12(2,3)4/h10-11,13,15H,7-9H2,1-6H3. The van der Waals surface area contributed by atoms with Crippen molar-refractivity contribution in [3.05, 3.63) is 0 Å². The molecule has 0 amide bonds. The molecular weight excluding hydrogens is 220 g/mol. The maximum absolute atomic E-state index is 9.89. The lowest BCUT2D eigenvalue weighted by molar-refractivity contribution is 0.105. The second kappa shape index (κ2) is 7.54. The van der Waals surface area contributed by atoms with Crippen LogP contribution in [0.15, 0.2) is 0 Å². The van der Waals surface area contributed by atoms with Crippen molar-refractivity contribution < 1.29 is 5.11 Å². The third-order valence-corrected chi connectivity index (χ3v) is 3.34. The molecule has 2 unspecified atom stereocenters. The van der Waals surface area contributed by atoms with Crippen molar-refractivity contribution >= 4 is 11.8 Å². The number of rotatable bonds is 7. The van der Waals surface area contributed by atoms with Crippen LogP contribution in [0.3, 0.4) is 0 Å². The third-order valence-electron chi connectivity index (χ3n) is 2.53. The van der Waals surface area contributed by atoms with Crippen LogP contribution in [0.25, 0.3) is 0 Å². The van der Waals surface area contributed by atoms with Gasteiger partial charge in [0.25, 0.3) is 0 Å². The maximum Gasteiger partial charge on any atom is 0.0791 e. The van der Waals surface area contributed by atoms with Gasteiger partial charge < -0.3 is 15.3 Å². The molecule has 0 aliphatic rings. The highest BCUT2D eigenvalue weighted by atomic mass is 32.2. The van der Waals surface area contributed by atoms with Crippen molar-refractivity contribution in [2.24, 2.45) is 0 Å². The van der Waals surface area contributed by atoms with Crippen molar-refractivity contribution in [2.45, 2.75) is 45.4 Å². The van der Waals surface area contributed by atoms with Crippen LogP contribution in [0, 0.1) is 0 Å². The molecule has 4 heteroatoms. The molecule has 16 heavy (non-hydrogen) atoms. The number of nitrogens with zero attached hydrogens (tertiary/aromatic N) is 1. The van der Waals surface area contributed by atoms with E-state index in [1.54, 1.807) is 0 Å². The van der Waals surface area contributed by atoms with E-state index in [4.69, 9.17) is 0 Å². The Morgan fingerprint density at radius 3 is 2.38 bits per heavy atom. The number of aliphatic hydroxyl groups excluding tert-OH is 1. The Kier molecular flexibility index (Phi) is 7.64. The SMILES string of the molecule is CSCC(C)N(C)CC(O)CNC(C)(C)C. The van der Waals surface area contributed by atoms with Crippen LogP contribution >= 0.6 is 11.8 Å². The molecule has 0 bridgehead atoms. The van der Waals surface area contributed by atoms with Crippen molar-refractivity contribution in [2.75, 3.05) is 32.1 Å². The molecule has 2 atom stereocenters. The average Bonchev–Trinajstić information content (AvgIpc) is 2.14. The Hall–Kier alpha value is 0.230. The normalized spacial score (nSPS) is 16.5. The monoisotopic (exact) mass is 248 g/mol. The molecule has 0 aromatic heterocycles. The minimum atomic E-state index is -0.298. The number of aliphatic hydroxyl groups is 1. The molecule has 0 radical (unpaired) electrons. The fourth-order valence-corrected chi connectivity index (χ4v) is 2.11. The highest BCUT2D eigenvalue weighted by Crippen LogP contribution is 2.05. The van der Waals surface area contributed by atoms with E-state index < -0.39 is 0 Å². The van der Waals surface area contributed by atoms with E-state index in [2.05, 4.69) is 51.2 Å². The number of β-amino-alcohol motifs (C(OH)–C–C–N with tert-alkyl or cyclic N) is 1. The summed E-state index contributed by atoms with van der Waals surface area (Å²) >= 11 is 1.84. The van der Waals surface area contributed by atoms with Gasteiger partial charge in [0, 0.05) is 30.4 Å². The topological polar surface area (TPSA) is 35.5 Å². The molecular formula is C12H28N2OS. The summed E-state index contributed by atoms with van der Waals surface area (Å²) < 4.78 is 0. The van der Waals surface area contributed by atoms with Gasteiger partial charge in [-0.15, -0.1) is 0 Å². The first-order valence-corrected chi connectivity index (χ1v) is 7.28. The van der Waals surface area contributed by atoms with Crippen LogP contribution in [0.1, 0.15) is 27.7 Å². The predicted molar refractivity (Wildman–Crippen MR) is 74.2 cm³/mol. The van der Waals surface area contributed by atoms with Gasteiger partial charge in [0.2, 0.25) is 0 Å². The van der Waals surface area contributed by atoms with E-state index in [0.29, 0.717) is 12.6 Å². The van der Waals surface area contributed by atoms with E-state index in [-0.39, 0.29) is 11.6 Å². The van der Waals surface area contributed by atoms with Gasteiger partial charge in [0.1, 0.15) is 0 Å². The Labute approximate surface area is 105 Å². The zero-order valence-corrected chi connectivity index (χ0v) is 12.4. The van der Waals surface area contributed by atoms with Gasteiger partial charge in [-0.2, -0.15) is 11.8 Å². The van der Waals surface area contributed by atoms with Crippen LogP contribution in [0.4, 0.5) is 0 Å². The third kappa shape index (κ3) is 8.39. The van der Waals surface area contributed by atoms with Crippen molar-refractivity contribution in [1.82, 2.24) is 10.2 Å². The minimum absolute atomic E-state index is 0.0738. The van der Waals surface area contributed by atoms with Gasteiger partial charge in [-0.1, -0.05) is 0 Å². The number of hydrogen-bond acceptors (Lipinski definition) is 4. The van der Waals surface area contributed by atoms with E-state index in [0.717, 1.165) is 12.3 Å². The first-order chi connectivity index (χ1) is 7.26.